The van der Waals surface area contributed by atoms with Crippen molar-refractivity contribution in [3.8, 4) is 17.3 Å². The first-order valence-corrected chi connectivity index (χ1v) is 9.01. The molecule has 1 saturated heterocycles. The zero-order chi connectivity index (χ0) is 18.2. The third-order valence-electron chi connectivity index (χ3n) is 4.85. The van der Waals surface area contributed by atoms with Crippen LogP contribution in [0.25, 0.3) is 28.1 Å². The van der Waals surface area contributed by atoms with Gasteiger partial charge in [-0.3, -0.25) is 4.40 Å². The number of aromatic nitrogens is 4. The lowest BCUT2D eigenvalue weighted by molar-refractivity contribution is 0.0742. The summed E-state index contributed by atoms with van der Waals surface area (Å²) in [7, 11) is 0. The molecule has 0 aliphatic carbocycles. The van der Waals surface area contributed by atoms with Crippen molar-refractivity contribution in [3.05, 3.63) is 54.7 Å². The van der Waals surface area contributed by atoms with Gasteiger partial charge in [0.15, 0.2) is 11.5 Å². The Kier molecular flexibility index (Phi) is 6.52. The Morgan fingerprint density at radius 3 is 2.79 bits per heavy atom. The molecule has 4 heterocycles. The van der Waals surface area contributed by atoms with E-state index < -0.39 is 12.3 Å². The van der Waals surface area contributed by atoms with Crippen LogP contribution in [0.3, 0.4) is 0 Å². The second kappa shape index (κ2) is 8.90. The first-order valence-electron chi connectivity index (χ1n) is 9.01. The summed E-state index contributed by atoms with van der Waals surface area (Å²) < 4.78 is 22.1. The number of rotatable bonds is 3. The van der Waals surface area contributed by atoms with Crippen molar-refractivity contribution in [2.75, 3.05) is 13.1 Å². The maximum absolute atomic E-state index is 14.2. The lowest BCUT2D eigenvalue weighted by Crippen LogP contribution is -2.44. The number of halogens is 3. The number of para-hydroxylation sites is 1. The summed E-state index contributed by atoms with van der Waals surface area (Å²) in [6.45, 7) is 1.07. The van der Waals surface area contributed by atoms with E-state index in [-0.39, 0.29) is 24.8 Å². The van der Waals surface area contributed by atoms with Gasteiger partial charge in [0.05, 0.1) is 0 Å². The van der Waals surface area contributed by atoms with Crippen molar-refractivity contribution in [1.82, 2.24) is 24.9 Å². The minimum absolute atomic E-state index is 0. The number of hydrogen-bond acceptors (Lipinski definition) is 5. The van der Waals surface area contributed by atoms with Gasteiger partial charge in [0.1, 0.15) is 29.2 Å². The molecule has 29 heavy (non-hydrogen) atoms. The third kappa shape index (κ3) is 3.99. The molecule has 3 aromatic heterocycles. The maximum atomic E-state index is 14.2. The Bertz CT molecular complexity index is 1120. The van der Waals surface area contributed by atoms with Crippen molar-refractivity contribution < 1.29 is 9.13 Å². The molecule has 1 fully saturated rings. The summed E-state index contributed by atoms with van der Waals surface area (Å²) in [4.78, 5) is 4.77. The van der Waals surface area contributed by atoms with Crippen LogP contribution in [0.15, 0.2) is 54.7 Å². The average molecular weight is 436 g/mol. The topological polar surface area (TPSA) is 64.3 Å². The SMILES string of the molecule is Cl.Cl.FC1CNCCC1Oc1cccc2ccc(-c3nnc4ccccn34)nc12. The van der Waals surface area contributed by atoms with E-state index in [1.807, 2.05) is 59.1 Å². The predicted octanol–water partition coefficient (Wildman–Crippen LogP) is 3.87. The Hall–Kier alpha value is -2.48. The van der Waals surface area contributed by atoms with Crippen molar-refractivity contribution >= 4 is 41.4 Å². The molecule has 0 bridgehead atoms. The second-order valence-corrected chi connectivity index (χ2v) is 6.64. The normalized spacial score (nSPS) is 18.8. The molecule has 5 rings (SSSR count). The zero-order valence-electron chi connectivity index (χ0n) is 15.4. The van der Waals surface area contributed by atoms with Gasteiger partial charge in [0.25, 0.3) is 0 Å². The number of nitrogens with one attached hydrogen (secondary N) is 1. The number of fused-ring (bicyclic) bond motifs is 2. The Morgan fingerprint density at radius 2 is 1.93 bits per heavy atom. The highest BCUT2D eigenvalue weighted by molar-refractivity contribution is 5.86. The standard InChI is InChI=1S/C20H18FN5O.2ClH/c21-14-12-22-10-9-16(14)27-17-5-3-4-13-7-8-15(23-19(13)17)20-25-24-18-6-1-2-11-26(18)20;;/h1-8,11,14,16,22H,9-10,12H2;2*1H. The van der Waals surface area contributed by atoms with Gasteiger partial charge in [-0.05, 0) is 37.2 Å². The molecule has 1 N–H and O–H groups in total. The number of benzene rings is 1. The van der Waals surface area contributed by atoms with Crippen molar-refractivity contribution in [1.29, 1.82) is 0 Å². The van der Waals surface area contributed by atoms with Crippen LogP contribution in [0.2, 0.25) is 0 Å². The van der Waals surface area contributed by atoms with Gasteiger partial charge in [-0.1, -0.05) is 24.3 Å². The summed E-state index contributed by atoms with van der Waals surface area (Å²) in [5, 5.41) is 12.4. The second-order valence-electron chi connectivity index (χ2n) is 6.64. The van der Waals surface area contributed by atoms with Gasteiger partial charge in [-0.25, -0.2) is 9.37 Å². The van der Waals surface area contributed by atoms with Crippen LogP contribution in [0.4, 0.5) is 4.39 Å². The summed E-state index contributed by atoms with van der Waals surface area (Å²) >= 11 is 0. The van der Waals surface area contributed by atoms with Crippen LogP contribution in [0, 0.1) is 0 Å². The summed E-state index contributed by atoms with van der Waals surface area (Å²) in [5.74, 6) is 1.25. The first-order chi connectivity index (χ1) is 13.3. The van der Waals surface area contributed by atoms with Gasteiger partial charge in [-0.2, -0.15) is 0 Å². The fraction of sp³-hybridized carbons (Fsp3) is 0.250. The van der Waals surface area contributed by atoms with Crippen LogP contribution in [0.5, 0.6) is 5.75 Å². The van der Waals surface area contributed by atoms with E-state index in [2.05, 4.69) is 15.5 Å². The summed E-state index contributed by atoms with van der Waals surface area (Å²) in [6.07, 6.45) is 1.04. The van der Waals surface area contributed by atoms with Gasteiger partial charge in [0, 0.05) is 18.1 Å². The molecule has 2 unspecified atom stereocenters. The molecule has 152 valence electrons. The van der Waals surface area contributed by atoms with E-state index in [9.17, 15) is 4.39 Å². The van der Waals surface area contributed by atoms with E-state index in [1.165, 1.54) is 0 Å². The number of hydrogen-bond donors (Lipinski definition) is 1. The van der Waals surface area contributed by atoms with Crippen LogP contribution in [-0.2, 0) is 0 Å². The molecular weight excluding hydrogens is 416 g/mol. The number of pyridine rings is 2. The Balaban J connectivity index is 0.00000120. The quantitative estimate of drug-likeness (QED) is 0.529. The molecular formula is C20H20Cl2FN5O. The molecule has 4 aromatic rings. The number of alkyl halides is 1. The van der Waals surface area contributed by atoms with E-state index in [1.54, 1.807) is 0 Å². The van der Waals surface area contributed by atoms with Gasteiger partial charge in [-0.15, -0.1) is 35.0 Å². The minimum atomic E-state index is -1.03. The highest BCUT2D eigenvalue weighted by Crippen LogP contribution is 2.29. The Labute approximate surface area is 179 Å². The Morgan fingerprint density at radius 1 is 1.03 bits per heavy atom. The third-order valence-corrected chi connectivity index (χ3v) is 4.85. The minimum Gasteiger partial charge on any atom is -0.485 e. The van der Waals surface area contributed by atoms with Crippen molar-refractivity contribution in [2.45, 2.75) is 18.7 Å². The van der Waals surface area contributed by atoms with Crippen LogP contribution in [0.1, 0.15) is 6.42 Å². The molecule has 2 atom stereocenters. The first kappa shape index (κ1) is 21.2. The highest BCUT2D eigenvalue weighted by atomic mass is 35.5. The molecule has 6 nitrogen and oxygen atoms in total. The van der Waals surface area contributed by atoms with Crippen molar-refractivity contribution in [2.24, 2.45) is 0 Å². The number of ether oxygens (including phenoxy) is 1. The van der Waals surface area contributed by atoms with E-state index in [0.29, 0.717) is 35.8 Å². The molecule has 9 heteroatoms. The molecule has 1 aliphatic rings. The zero-order valence-corrected chi connectivity index (χ0v) is 17.0. The largest absolute Gasteiger partial charge is 0.485 e. The maximum Gasteiger partial charge on any atom is 0.187 e. The average Bonchev–Trinajstić information content (AvgIpc) is 3.14. The fourth-order valence-corrected chi connectivity index (χ4v) is 3.45. The van der Waals surface area contributed by atoms with E-state index in [4.69, 9.17) is 9.72 Å². The molecule has 0 amide bonds. The van der Waals surface area contributed by atoms with Crippen molar-refractivity contribution in [3.63, 3.8) is 0 Å². The fourth-order valence-electron chi connectivity index (χ4n) is 3.45. The molecule has 1 aromatic carbocycles. The predicted molar refractivity (Wildman–Crippen MR) is 115 cm³/mol. The summed E-state index contributed by atoms with van der Waals surface area (Å²) in [6, 6.07) is 15.3. The molecule has 0 spiro atoms. The highest BCUT2D eigenvalue weighted by Gasteiger charge is 2.27. The summed E-state index contributed by atoms with van der Waals surface area (Å²) in [5.41, 5.74) is 2.15. The number of nitrogens with zero attached hydrogens (tertiary/aromatic N) is 4. The molecule has 0 radical (unpaired) electrons. The lowest BCUT2D eigenvalue weighted by Gasteiger charge is -2.27. The van der Waals surface area contributed by atoms with Gasteiger partial charge in [0.2, 0.25) is 0 Å². The lowest BCUT2D eigenvalue weighted by atomic mass is 10.1. The van der Waals surface area contributed by atoms with Crippen LogP contribution in [-0.4, -0.2) is 44.9 Å². The monoisotopic (exact) mass is 435 g/mol. The van der Waals surface area contributed by atoms with E-state index >= 15 is 0 Å². The molecule has 1 aliphatic heterocycles. The van der Waals surface area contributed by atoms with Crippen LogP contribution < -0.4 is 10.1 Å². The van der Waals surface area contributed by atoms with Crippen LogP contribution >= 0.6 is 24.8 Å². The van der Waals surface area contributed by atoms with Gasteiger partial charge >= 0.3 is 0 Å². The van der Waals surface area contributed by atoms with E-state index in [0.717, 1.165) is 17.6 Å². The van der Waals surface area contributed by atoms with Gasteiger partial charge < -0.3 is 10.1 Å². The number of piperidine rings is 1. The smallest absolute Gasteiger partial charge is 0.187 e. The molecule has 0 saturated carbocycles.